The fraction of sp³-hybridized carbons (Fsp3) is 0.562. The van der Waals surface area contributed by atoms with Gasteiger partial charge in [0.05, 0.1) is 6.04 Å². The zero-order chi connectivity index (χ0) is 13.1. The second-order valence-electron chi connectivity index (χ2n) is 5.76. The Morgan fingerprint density at radius 1 is 1.11 bits per heavy atom. The van der Waals surface area contributed by atoms with Gasteiger partial charge >= 0.3 is 0 Å². The molecule has 0 radical (unpaired) electrons. The minimum Gasteiger partial charge on any atom is -0.349 e. The molecule has 3 heteroatoms. The van der Waals surface area contributed by atoms with E-state index in [4.69, 9.17) is 0 Å². The van der Waals surface area contributed by atoms with Crippen LogP contribution in [0, 0.1) is 11.8 Å². The van der Waals surface area contributed by atoms with Gasteiger partial charge in [0.2, 0.25) is 5.91 Å². The number of amides is 1. The summed E-state index contributed by atoms with van der Waals surface area (Å²) in [6, 6.07) is 10.6. The maximum absolute atomic E-state index is 12.4. The molecule has 1 saturated heterocycles. The first-order valence-corrected chi connectivity index (χ1v) is 7.40. The minimum atomic E-state index is 0.200. The molecule has 1 saturated carbocycles. The van der Waals surface area contributed by atoms with Gasteiger partial charge in [0, 0.05) is 5.92 Å². The van der Waals surface area contributed by atoms with Crippen molar-refractivity contribution in [1.29, 1.82) is 0 Å². The van der Waals surface area contributed by atoms with Gasteiger partial charge in [-0.15, -0.1) is 0 Å². The summed E-state index contributed by atoms with van der Waals surface area (Å²) < 4.78 is 0. The van der Waals surface area contributed by atoms with Crippen molar-refractivity contribution in [3.8, 4) is 0 Å². The van der Waals surface area contributed by atoms with Crippen molar-refractivity contribution >= 4 is 5.91 Å². The van der Waals surface area contributed by atoms with E-state index in [-0.39, 0.29) is 17.9 Å². The predicted molar refractivity (Wildman–Crippen MR) is 75.6 cm³/mol. The maximum Gasteiger partial charge on any atom is 0.223 e. The highest BCUT2D eigenvalue weighted by Crippen LogP contribution is 2.41. The number of benzene rings is 1. The number of nitrogens with one attached hydrogen (secondary N) is 2. The molecule has 3 nitrogen and oxygen atoms in total. The lowest BCUT2D eigenvalue weighted by Gasteiger charge is -2.25. The molecule has 1 heterocycles. The van der Waals surface area contributed by atoms with Crippen LogP contribution < -0.4 is 10.6 Å². The highest BCUT2D eigenvalue weighted by atomic mass is 16.1. The first-order valence-electron chi connectivity index (χ1n) is 7.40. The Kier molecular flexibility index (Phi) is 3.83. The van der Waals surface area contributed by atoms with Crippen LogP contribution in [0.3, 0.4) is 0 Å². The van der Waals surface area contributed by atoms with Crippen LogP contribution in [-0.2, 0) is 4.79 Å². The molecule has 19 heavy (non-hydrogen) atoms. The van der Waals surface area contributed by atoms with Crippen LogP contribution in [0.5, 0.6) is 0 Å². The van der Waals surface area contributed by atoms with Gasteiger partial charge in [-0.25, -0.2) is 0 Å². The van der Waals surface area contributed by atoms with Crippen LogP contribution in [-0.4, -0.2) is 19.0 Å². The van der Waals surface area contributed by atoms with E-state index in [1.54, 1.807) is 0 Å². The number of carbonyl (C=O) groups is 1. The fourth-order valence-electron chi connectivity index (χ4n) is 2.92. The lowest BCUT2D eigenvalue weighted by atomic mass is 9.95. The lowest BCUT2D eigenvalue weighted by Crippen LogP contribution is -2.40. The van der Waals surface area contributed by atoms with E-state index in [1.807, 2.05) is 6.07 Å². The summed E-state index contributed by atoms with van der Waals surface area (Å²) in [7, 11) is 0. The Balaban J connectivity index is 1.66. The topological polar surface area (TPSA) is 41.1 Å². The maximum atomic E-state index is 12.4. The Bertz CT molecular complexity index is 422. The molecule has 0 bridgehead atoms. The Morgan fingerprint density at radius 2 is 1.79 bits per heavy atom. The molecule has 102 valence electrons. The summed E-state index contributed by atoms with van der Waals surface area (Å²) in [6.45, 7) is 1.94. The third-order valence-electron chi connectivity index (χ3n) is 4.26. The summed E-state index contributed by atoms with van der Waals surface area (Å²) in [5, 5.41) is 6.61. The van der Waals surface area contributed by atoms with Crippen molar-refractivity contribution in [2.45, 2.75) is 31.7 Å². The van der Waals surface area contributed by atoms with Crippen molar-refractivity contribution in [2.75, 3.05) is 13.1 Å². The first kappa shape index (κ1) is 12.7. The average molecular weight is 258 g/mol. The quantitative estimate of drug-likeness (QED) is 0.869. The first-order chi connectivity index (χ1) is 9.34. The third-order valence-corrected chi connectivity index (χ3v) is 4.26. The van der Waals surface area contributed by atoms with E-state index in [0.29, 0.717) is 5.92 Å². The van der Waals surface area contributed by atoms with Gasteiger partial charge < -0.3 is 10.6 Å². The summed E-state index contributed by atoms with van der Waals surface area (Å²) in [5.74, 6) is 1.10. The van der Waals surface area contributed by atoms with Crippen LogP contribution in [0.4, 0.5) is 0 Å². The van der Waals surface area contributed by atoms with E-state index >= 15 is 0 Å². The van der Waals surface area contributed by atoms with Crippen molar-refractivity contribution in [3.05, 3.63) is 35.9 Å². The van der Waals surface area contributed by atoms with Gasteiger partial charge in [0.25, 0.3) is 0 Å². The molecule has 2 aliphatic rings. The molecule has 0 aromatic heterocycles. The van der Waals surface area contributed by atoms with Gasteiger partial charge in [0.1, 0.15) is 0 Å². The third kappa shape index (κ3) is 3.16. The van der Waals surface area contributed by atoms with E-state index in [1.165, 1.54) is 18.4 Å². The molecule has 0 spiro atoms. The number of rotatable bonds is 4. The SMILES string of the molecule is O=C(NC(c1ccccc1)C1CC1)C1CCNCC1. The highest BCUT2D eigenvalue weighted by molar-refractivity contribution is 5.79. The van der Waals surface area contributed by atoms with Crippen molar-refractivity contribution in [2.24, 2.45) is 11.8 Å². The van der Waals surface area contributed by atoms with Gasteiger partial charge in [-0.1, -0.05) is 30.3 Å². The van der Waals surface area contributed by atoms with Crippen molar-refractivity contribution in [3.63, 3.8) is 0 Å². The smallest absolute Gasteiger partial charge is 0.223 e. The largest absolute Gasteiger partial charge is 0.349 e. The molecule has 1 unspecified atom stereocenters. The van der Waals surface area contributed by atoms with Crippen LogP contribution in [0.2, 0.25) is 0 Å². The summed E-state index contributed by atoms with van der Waals surface area (Å²) in [4.78, 5) is 12.4. The predicted octanol–water partition coefficient (Wildman–Crippen LogP) is 2.25. The Labute approximate surface area is 114 Å². The van der Waals surface area contributed by atoms with E-state index in [2.05, 4.69) is 34.9 Å². The number of hydrogen-bond acceptors (Lipinski definition) is 2. The summed E-state index contributed by atoms with van der Waals surface area (Å²) >= 11 is 0. The minimum absolute atomic E-state index is 0.200. The highest BCUT2D eigenvalue weighted by Gasteiger charge is 2.34. The summed E-state index contributed by atoms with van der Waals surface area (Å²) in [5.41, 5.74) is 1.26. The van der Waals surface area contributed by atoms with Crippen LogP contribution >= 0.6 is 0 Å². The normalized spacial score (nSPS) is 21.9. The molecule has 1 aromatic carbocycles. The molecule has 2 N–H and O–H groups in total. The Hall–Kier alpha value is -1.35. The van der Waals surface area contributed by atoms with Gasteiger partial charge in [0.15, 0.2) is 0 Å². The lowest BCUT2D eigenvalue weighted by molar-refractivity contribution is -0.126. The summed E-state index contributed by atoms with van der Waals surface area (Å²) in [6.07, 6.45) is 4.42. The second kappa shape index (κ2) is 5.74. The standard InChI is InChI=1S/C16H22N2O/c19-16(14-8-10-17-11-9-14)18-15(13-6-7-13)12-4-2-1-3-5-12/h1-5,13-15,17H,6-11H2,(H,18,19). The molecule has 1 atom stereocenters. The van der Waals surface area contributed by atoms with Gasteiger partial charge in [-0.3, -0.25) is 4.79 Å². The van der Waals surface area contributed by atoms with E-state index in [9.17, 15) is 4.79 Å². The van der Waals surface area contributed by atoms with Crippen LogP contribution in [0.25, 0.3) is 0 Å². The molecule has 1 amide bonds. The molecule has 1 aromatic rings. The molecular weight excluding hydrogens is 236 g/mol. The molecule has 3 rings (SSSR count). The molecule has 1 aliphatic carbocycles. The van der Waals surface area contributed by atoms with Crippen molar-refractivity contribution in [1.82, 2.24) is 10.6 Å². The molecule has 1 aliphatic heterocycles. The molecule has 2 fully saturated rings. The number of piperidine rings is 1. The van der Waals surface area contributed by atoms with Crippen molar-refractivity contribution < 1.29 is 4.79 Å². The zero-order valence-electron chi connectivity index (χ0n) is 11.3. The van der Waals surface area contributed by atoms with Crippen LogP contribution in [0.15, 0.2) is 30.3 Å². The second-order valence-corrected chi connectivity index (χ2v) is 5.76. The van der Waals surface area contributed by atoms with Gasteiger partial charge in [-0.2, -0.15) is 0 Å². The number of hydrogen-bond donors (Lipinski definition) is 2. The number of carbonyl (C=O) groups excluding carboxylic acids is 1. The van der Waals surface area contributed by atoms with Gasteiger partial charge in [-0.05, 0) is 50.3 Å². The van der Waals surface area contributed by atoms with E-state index in [0.717, 1.165) is 25.9 Å². The fourth-order valence-corrected chi connectivity index (χ4v) is 2.92. The van der Waals surface area contributed by atoms with Crippen LogP contribution in [0.1, 0.15) is 37.3 Å². The molecular formula is C16H22N2O. The monoisotopic (exact) mass is 258 g/mol. The zero-order valence-corrected chi connectivity index (χ0v) is 11.3. The van der Waals surface area contributed by atoms with E-state index < -0.39 is 0 Å². The average Bonchev–Trinajstić information content (AvgIpc) is 3.31. The Morgan fingerprint density at radius 3 is 2.42 bits per heavy atom.